The summed E-state index contributed by atoms with van der Waals surface area (Å²) in [4.78, 5) is 0. The number of hydrogen-bond acceptors (Lipinski definition) is 0. The number of para-hydroxylation sites is 2. The Morgan fingerprint density at radius 3 is 2.62 bits per heavy atom. The molecule has 3 aliphatic carbocycles. The van der Waals surface area contributed by atoms with E-state index >= 15 is 0 Å². The van der Waals surface area contributed by atoms with Gasteiger partial charge in [-0.3, -0.25) is 0 Å². The third-order valence-electron chi connectivity index (χ3n) is 7.43. The standard InChI is InChI=1S/C32H24BN/c33-29-20-22(21-10-4-1-2-5-11-21)16-17-25(29)28-19-23-18-27(23)31-26-14-8-9-15-30(26)34(32(28)31)24-12-6-3-7-13-24/h1,3-17,19-20,23,27H,2,18H2. The highest BCUT2D eigenvalue weighted by atomic mass is 15.0. The zero-order chi connectivity index (χ0) is 22.6. The molecular weight excluding hydrogens is 409 g/mol. The maximum Gasteiger partial charge on any atom is 0.114 e. The number of aromatic nitrogens is 1. The van der Waals surface area contributed by atoms with E-state index in [2.05, 4.69) is 114 Å². The van der Waals surface area contributed by atoms with Crippen molar-refractivity contribution in [2.75, 3.05) is 0 Å². The molecule has 0 spiro atoms. The molecular formula is C32H24BN. The summed E-state index contributed by atoms with van der Waals surface area (Å²) in [5.74, 6) is 1.22. The van der Waals surface area contributed by atoms with Crippen molar-refractivity contribution < 1.29 is 0 Å². The van der Waals surface area contributed by atoms with Crippen LogP contribution in [0.1, 0.15) is 41.1 Å². The van der Waals surface area contributed by atoms with Gasteiger partial charge in [-0.2, -0.15) is 0 Å². The number of nitrogens with zero attached hydrogens (tertiary/aromatic N) is 1. The lowest BCUT2D eigenvalue weighted by Gasteiger charge is -2.21. The minimum atomic E-state index is 0.606. The van der Waals surface area contributed by atoms with Crippen molar-refractivity contribution in [3.63, 3.8) is 0 Å². The molecule has 0 aliphatic heterocycles. The van der Waals surface area contributed by atoms with Crippen molar-refractivity contribution in [1.29, 1.82) is 0 Å². The summed E-state index contributed by atoms with van der Waals surface area (Å²) in [6.07, 6.45) is 15.5. The monoisotopic (exact) mass is 433 g/mol. The maximum atomic E-state index is 6.78. The van der Waals surface area contributed by atoms with Crippen LogP contribution in [0.5, 0.6) is 0 Å². The number of benzene rings is 3. The first kappa shape index (κ1) is 19.7. The highest BCUT2D eigenvalue weighted by Gasteiger charge is 2.45. The quantitative estimate of drug-likeness (QED) is 0.311. The number of fused-ring (bicyclic) bond motifs is 5. The molecule has 0 N–H and O–H groups in total. The van der Waals surface area contributed by atoms with Gasteiger partial charge in [-0.25, -0.2) is 0 Å². The third kappa shape index (κ3) is 3.02. The van der Waals surface area contributed by atoms with E-state index in [1.54, 1.807) is 0 Å². The molecule has 2 unspecified atom stereocenters. The minimum Gasteiger partial charge on any atom is -0.309 e. The highest BCUT2D eigenvalue weighted by molar-refractivity contribution is 6.35. The van der Waals surface area contributed by atoms with Crippen molar-refractivity contribution in [3.8, 4) is 5.69 Å². The lowest BCUT2D eigenvalue weighted by atomic mass is 9.81. The Morgan fingerprint density at radius 2 is 1.74 bits per heavy atom. The first-order valence-corrected chi connectivity index (χ1v) is 12.1. The van der Waals surface area contributed by atoms with Gasteiger partial charge in [0.15, 0.2) is 0 Å². The van der Waals surface area contributed by atoms with Gasteiger partial charge in [-0.15, -0.1) is 0 Å². The van der Waals surface area contributed by atoms with Crippen LogP contribution in [0.2, 0.25) is 0 Å². The van der Waals surface area contributed by atoms with E-state index in [4.69, 9.17) is 7.85 Å². The molecule has 0 bridgehead atoms. The largest absolute Gasteiger partial charge is 0.309 e. The molecule has 1 saturated carbocycles. The van der Waals surface area contributed by atoms with Crippen LogP contribution < -0.4 is 5.46 Å². The lowest BCUT2D eigenvalue weighted by Crippen LogP contribution is -2.15. The topological polar surface area (TPSA) is 4.93 Å². The van der Waals surface area contributed by atoms with Crippen LogP contribution in [-0.4, -0.2) is 12.4 Å². The summed E-state index contributed by atoms with van der Waals surface area (Å²) in [6.45, 7) is 0. The predicted molar refractivity (Wildman–Crippen MR) is 144 cm³/mol. The second-order valence-corrected chi connectivity index (χ2v) is 9.53. The van der Waals surface area contributed by atoms with Crippen LogP contribution in [0, 0.1) is 5.92 Å². The smallest absolute Gasteiger partial charge is 0.114 e. The van der Waals surface area contributed by atoms with Crippen LogP contribution >= 0.6 is 0 Å². The average Bonchev–Trinajstić information content (AvgIpc) is 3.63. The van der Waals surface area contributed by atoms with E-state index in [0.29, 0.717) is 11.8 Å². The van der Waals surface area contributed by atoms with E-state index in [1.807, 2.05) is 0 Å². The molecule has 7 rings (SSSR count). The zero-order valence-electron chi connectivity index (χ0n) is 19.0. The summed E-state index contributed by atoms with van der Waals surface area (Å²) < 4.78 is 2.44. The fraction of sp³-hybridized carbons (Fsp3) is 0.125. The van der Waals surface area contributed by atoms with Crippen molar-refractivity contribution in [2.24, 2.45) is 5.92 Å². The van der Waals surface area contributed by atoms with Crippen LogP contribution in [-0.2, 0) is 0 Å². The first-order valence-electron chi connectivity index (χ1n) is 12.1. The molecule has 4 aromatic rings. The normalized spacial score (nSPS) is 20.4. The second-order valence-electron chi connectivity index (χ2n) is 9.53. The van der Waals surface area contributed by atoms with Crippen molar-refractivity contribution in [3.05, 3.63) is 132 Å². The van der Waals surface area contributed by atoms with Crippen molar-refractivity contribution >= 4 is 35.4 Å². The first-order chi connectivity index (χ1) is 16.8. The molecule has 34 heavy (non-hydrogen) atoms. The molecule has 2 atom stereocenters. The van der Waals surface area contributed by atoms with E-state index < -0.39 is 0 Å². The maximum absolute atomic E-state index is 6.78. The molecule has 3 aromatic carbocycles. The molecule has 0 saturated heterocycles. The SMILES string of the molecule is [B]c1cc(C2=CC=CCC=C2)ccc1C1=CC2CC2c2c1n(-c1ccccc1)c1ccccc21. The van der Waals surface area contributed by atoms with Crippen LogP contribution in [0.4, 0.5) is 0 Å². The van der Waals surface area contributed by atoms with Gasteiger partial charge in [-0.1, -0.05) is 96.5 Å². The van der Waals surface area contributed by atoms with E-state index in [9.17, 15) is 0 Å². The van der Waals surface area contributed by atoms with Gasteiger partial charge >= 0.3 is 0 Å². The summed E-state index contributed by atoms with van der Waals surface area (Å²) in [5, 5.41) is 1.37. The van der Waals surface area contributed by atoms with Crippen LogP contribution in [0.15, 0.2) is 109 Å². The fourth-order valence-corrected chi connectivity index (χ4v) is 5.75. The summed E-state index contributed by atoms with van der Waals surface area (Å²) in [5.41, 5.74) is 10.9. The predicted octanol–water partition coefficient (Wildman–Crippen LogP) is 6.87. The molecule has 1 fully saturated rings. The Bertz CT molecular complexity index is 1560. The van der Waals surface area contributed by atoms with E-state index in [1.165, 1.54) is 45.4 Å². The molecule has 3 aliphatic rings. The van der Waals surface area contributed by atoms with E-state index in [-0.39, 0.29) is 0 Å². The van der Waals surface area contributed by atoms with Gasteiger partial charge in [0.1, 0.15) is 7.85 Å². The molecule has 0 amide bonds. The van der Waals surface area contributed by atoms with Gasteiger partial charge in [-0.05, 0) is 65.1 Å². The van der Waals surface area contributed by atoms with Crippen molar-refractivity contribution in [1.82, 2.24) is 4.57 Å². The van der Waals surface area contributed by atoms with Gasteiger partial charge in [0.25, 0.3) is 0 Å². The number of allylic oxidation sites excluding steroid dienone is 7. The second kappa shape index (κ2) is 7.63. The Morgan fingerprint density at radius 1 is 0.882 bits per heavy atom. The Labute approximate surface area is 201 Å². The lowest BCUT2D eigenvalue weighted by molar-refractivity contribution is 0.964. The molecule has 2 heteroatoms. The number of hydrogen-bond donors (Lipinski definition) is 0. The highest BCUT2D eigenvalue weighted by Crippen LogP contribution is 2.58. The number of rotatable bonds is 3. The minimum absolute atomic E-state index is 0.606. The third-order valence-corrected chi connectivity index (χ3v) is 7.43. The molecule has 160 valence electrons. The Balaban J connectivity index is 1.44. The fourth-order valence-electron chi connectivity index (χ4n) is 5.75. The summed E-state index contributed by atoms with van der Waals surface area (Å²) >= 11 is 0. The van der Waals surface area contributed by atoms with Crippen LogP contribution in [0.3, 0.4) is 0 Å². The summed E-state index contributed by atoms with van der Waals surface area (Å²) in [7, 11) is 6.78. The molecule has 1 heterocycles. The summed E-state index contributed by atoms with van der Waals surface area (Å²) in [6, 6.07) is 26.2. The molecule has 1 aromatic heterocycles. The molecule has 2 radical (unpaired) electrons. The Hall–Kier alpha value is -3.78. The Kier molecular flexibility index (Phi) is 4.42. The van der Waals surface area contributed by atoms with Crippen LogP contribution in [0.25, 0.3) is 27.7 Å². The van der Waals surface area contributed by atoms with Gasteiger partial charge in [0, 0.05) is 16.6 Å². The van der Waals surface area contributed by atoms with E-state index in [0.717, 1.165) is 23.0 Å². The van der Waals surface area contributed by atoms with Gasteiger partial charge in [0.05, 0.1) is 11.2 Å². The van der Waals surface area contributed by atoms with Gasteiger partial charge < -0.3 is 4.57 Å². The average molecular weight is 433 g/mol. The van der Waals surface area contributed by atoms with Gasteiger partial charge in [0.2, 0.25) is 0 Å². The van der Waals surface area contributed by atoms with Crippen molar-refractivity contribution in [2.45, 2.75) is 18.8 Å². The zero-order valence-corrected chi connectivity index (χ0v) is 19.0. The molecule has 1 nitrogen and oxygen atoms in total.